The summed E-state index contributed by atoms with van der Waals surface area (Å²) in [7, 11) is 0. The quantitative estimate of drug-likeness (QED) is 0.152. The lowest BCUT2D eigenvalue weighted by molar-refractivity contribution is 0.593. The van der Waals surface area contributed by atoms with Crippen LogP contribution in [0.5, 0.6) is 0 Å². The summed E-state index contributed by atoms with van der Waals surface area (Å²) in [4.78, 5) is 2.50. The van der Waals surface area contributed by atoms with Crippen LogP contribution in [0, 0.1) is 0 Å². The highest BCUT2D eigenvalue weighted by molar-refractivity contribution is 6.11. The van der Waals surface area contributed by atoms with E-state index in [4.69, 9.17) is 0 Å². The van der Waals surface area contributed by atoms with Gasteiger partial charge in [-0.25, -0.2) is 0 Å². The average molecular weight is 719 g/mol. The summed E-state index contributed by atoms with van der Waals surface area (Å²) in [5, 5.41) is 2.51. The van der Waals surface area contributed by atoms with E-state index in [0.717, 1.165) is 19.3 Å². The molecule has 56 heavy (non-hydrogen) atoms. The van der Waals surface area contributed by atoms with E-state index in [9.17, 15) is 0 Å². The van der Waals surface area contributed by atoms with E-state index in [2.05, 4.69) is 222 Å². The van der Waals surface area contributed by atoms with Gasteiger partial charge in [0.15, 0.2) is 0 Å². The van der Waals surface area contributed by atoms with Crippen LogP contribution in [0.1, 0.15) is 30.7 Å². The number of hydrogen-bond donors (Lipinski definition) is 0. The van der Waals surface area contributed by atoms with Crippen LogP contribution in [-0.2, 0) is 0 Å². The molecule has 0 aliphatic heterocycles. The lowest BCUT2D eigenvalue weighted by Gasteiger charge is -2.33. The summed E-state index contributed by atoms with van der Waals surface area (Å²) < 4.78 is 2.39. The molecule has 268 valence electrons. The largest absolute Gasteiger partial charge is 0.315 e. The maximum atomic E-state index is 2.50. The molecule has 1 heterocycles. The van der Waals surface area contributed by atoms with Crippen LogP contribution in [-0.4, -0.2) is 4.57 Å². The van der Waals surface area contributed by atoms with Crippen LogP contribution in [0.15, 0.2) is 218 Å². The Hall–Kier alpha value is -6.90. The predicted octanol–water partition coefficient (Wildman–Crippen LogP) is 14.8. The zero-order valence-corrected chi connectivity index (χ0v) is 31.3. The molecule has 10 rings (SSSR count). The molecular weight excluding hydrogens is 677 g/mol. The molecule has 0 saturated heterocycles. The summed E-state index contributed by atoms with van der Waals surface area (Å²) in [6, 6.07) is 75.2. The Labute approximate surface area is 329 Å². The molecule has 9 aromatic rings. The van der Waals surface area contributed by atoms with E-state index in [-0.39, 0.29) is 0 Å². The van der Waals surface area contributed by atoms with Gasteiger partial charge in [0.1, 0.15) is 0 Å². The van der Waals surface area contributed by atoms with Gasteiger partial charge < -0.3 is 9.47 Å². The molecule has 1 aliphatic rings. The van der Waals surface area contributed by atoms with Gasteiger partial charge in [0.05, 0.1) is 11.0 Å². The molecule has 1 aromatic heterocycles. The average Bonchev–Trinajstić information content (AvgIpc) is 3.62. The third-order valence-electron chi connectivity index (χ3n) is 11.5. The Balaban J connectivity index is 1.11. The van der Waals surface area contributed by atoms with Crippen molar-refractivity contribution in [2.45, 2.75) is 25.2 Å². The lowest BCUT2D eigenvalue weighted by Crippen LogP contribution is -2.20. The van der Waals surface area contributed by atoms with Crippen molar-refractivity contribution in [1.29, 1.82) is 0 Å². The van der Waals surface area contributed by atoms with E-state index >= 15 is 0 Å². The number of para-hydroxylation sites is 2. The second kappa shape index (κ2) is 14.7. The summed E-state index contributed by atoms with van der Waals surface area (Å²) >= 11 is 0. The first-order valence-corrected chi connectivity index (χ1v) is 19.8. The maximum Gasteiger partial charge on any atom is 0.0541 e. The molecule has 0 radical (unpaired) electrons. The van der Waals surface area contributed by atoms with Crippen LogP contribution in [0.25, 0.3) is 60.9 Å². The molecule has 0 spiro atoms. The molecule has 2 heteroatoms. The minimum Gasteiger partial charge on any atom is -0.315 e. The molecule has 0 bridgehead atoms. The fourth-order valence-electron chi connectivity index (χ4n) is 8.74. The van der Waals surface area contributed by atoms with Gasteiger partial charge in [-0.1, -0.05) is 158 Å². The molecule has 0 N–H and O–H groups in total. The van der Waals surface area contributed by atoms with Crippen molar-refractivity contribution in [1.82, 2.24) is 4.57 Å². The normalized spacial score (nSPS) is 14.1. The molecule has 1 atom stereocenters. The standard InChI is InChI=1S/C54H42N2/c1-5-15-39(16-6-1)41-25-30-46(31-26-41)55(47-32-27-42(28-33-47)40-17-7-2-8-18-40)48-34-35-49(51(38-48)43-19-9-3-10-20-43)44-29-36-54-52(37-44)50-23-13-14-24-53(50)56(54)45-21-11-4-12-22-45/h1-26,29-32,34-38,42H,27-28,33H2. The number of aromatic nitrogens is 1. The van der Waals surface area contributed by atoms with E-state index < -0.39 is 0 Å². The van der Waals surface area contributed by atoms with Crippen LogP contribution < -0.4 is 4.90 Å². The van der Waals surface area contributed by atoms with Crippen LogP contribution in [0.4, 0.5) is 11.4 Å². The van der Waals surface area contributed by atoms with Crippen LogP contribution >= 0.6 is 0 Å². The Bertz CT molecular complexity index is 2800. The van der Waals surface area contributed by atoms with Crippen molar-refractivity contribution in [3.8, 4) is 39.1 Å². The Morgan fingerprint density at radius 1 is 0.429 bits per heavy atom. The third kappa shape index (κ3) is 6.29. The molecule has 0 fully saturated rings. The van der Waals surface area contributed by atoms with Crippen molar-refractivity contribution in [3.63, 3.8) is 0 Å². The highest BCUT2D eigenvalue weighted by atomic mass is 15.1. The molecule has 0 saturated carbocycles. The topological polar surface area (TPSA) is 8.17 Å². The first-order valence-electron chi connectivity index (χ1n) is 19.8. The smallest absolute Gasteiger partial charge is 0.0541 e. The Kier molecular flexibility index (Phi) is 8.85. The van der Waals surface area contributed by atoms with E-state index in [0.29, 0.717) is 5.92 Å². The van der Waals surface area contributed by atoms with Gasteiger partial charge in [0, 0.05) is 33.5 Å². The summed E-state index contributed by atoms with van der Waals surface area (Å²) in [5.41, 5.74) is 16.0. The van der Waals surface area contributed by atoms with Gasteiger partial charge >= 0.3 is 0 Å². The van der Waals surface area contributed by atoms with Gasteiger partial charge in [0.25, 0.3) is 0 Å². The summed E-state index contributed by atoms with van der Waals surface area (Å²) in [6.07, 6.45) is 5.64. The maximum absolute atomic E-state index is 2.50. The zero-order valence-electron chi connectivity index (χ0n) is 31.3. The Morgan fingerprint density at radius 2 is 1.02 bits per heavy atom. The summed E-state index contributed by atoms with van der Waals surface area (Å²) in [5.74, 6) is 0.535. The highest BCUT2D eigenvalue weighted by Crippen LogP contribution is 2.44. The van der Waals surface area contributed by atoms with E-state index in [1.54, 1.807) is 0 Å². The third-order valence-corrected chi connectivity index (χ3v) is 11.5. The van der Waals surface area contributed by atoms with Crippen LogP contribution in [0.2, 0.25) is 0 Å². The van der Waals surface area contributed by atoms with Crippen molar-refractivity contribution < 1.29 is 0 Å². The molecule has 2 nitrogen and oxygen atoms in total. The first-order chi connectivity index (χ1) is 27.8. The first kappa shape index (κ1) is 33.7. The molecular formula is C54H42N2. The van der Waals surface area contributed by atoms with Crippen molar-refractivity contribution in [3.05, 3.63) is 224 Å². The van der Waals surface area contributed by atoms with Crippen molar-refractivity contribution in [2.75, 3.05) is 4.90 Å². The second-order valence-electron chi connectivity index (χ2n) is 14.8. The van der Waals surface area contributed by atoms with Gasteiger partial charge in [-0.05, 0) is 119 Å². The molecule has 8 aromatic carbocycles. The Morgan fingerprint density at radius 3 is 1.73 bits per heavy atom. The van der Waals surface area contributed by atoms with Crippen molar-refractivity contribution >= 4 is 33.2 Å². The number of anilines is 2. The SMILES string of the molecule is C1=C(N(c2ccc(-c3ccccc3)cc2)c2ccc(-c3ccc4c(c3)c3ccccc3n4-c3ccccc3)c(-c3ccccc3)c2)CCC(c2ccccc2)C1. The molecule has 1 aliphatic carbocycles. The number of rotatable bonds is 8. The number of benzene rings is 8. The molecule has 0 amide bonds. The minimum absolute atomic E-state index is 0.535. The monoisotopic (exact) mass is 718 g/mol. The number of fused-ring (bicyclic) bond motifs is 3. The highest BCUT2D eigenvalue weighted by Gasteiger charge is 2.24. The van der Waals surface area contributed by atoms with Gasteiger partial charge in [-0.15, -0.1) is 0 Å². The second-order valence-corrected chi connectivity index (χ2v) is 14.8. The molecule has 1 unspecified atom stereocenters. The predicted molar refractivity (Wildman–Crippen MR) is 237 cm³/mol. The van der Waals surface area contributed by atoms with Gasteiger partial charge in [0.2, 0.25) is 0 Å². The number of allylic oxidation sites excluding steroid dienone is 2. The van der Waals surface area contributed by atoms with E-state index in [1.807, 2.05) is 0 Å². The number of hydrogen-bond acceptors (Lipinski definition) is 1. The van der Waals surface area contributed by atoms with Crippen LogP contribution in [0.3, 0.4) is 0 Å². The van der Waals surface area contributed by atoms with Gasteiger partial charge in [-0.2, -0.15) is 0 Å². The minimum atomic E-state index is 0.535. The summed E-state index contributed by atoms with van der Waals surface area (Å²) in [6.45, 7) is 0. The van der Waals surface area contributed by atoms with Gasteiger partial charge in [-0.3, -0.25) is 0 Å². The fourth-order valence-corrected chi connectivity index (χ4v) is 8.74. The van der Waals surface area contributed by atoms with Crippen molar-refractivity contribution in [2.24, 2.45) is 0 Å². The fraction of sp³-hybridized carbons (Fsp3) is 0.0741. The zero-order chi connectivity index (χ0) is 37.3. The lowest BCUT2D eigenvalue weighted by atomic mass is 9.86. The van der Waals surface area contributed by atoms with E-state index in [1.165, 1.54) is 83.5 Å². The number of nitrogens with zero attached hydrogens (tertiary/aromatic N) is 2.